The molecule has 1 heterocycles. The van der Waals surface area contributed by atoms with Crippen LogP contribution in [-0.2, 0) is 14.3 Å². The first kappa shape index (κ1) is 11.5. The molecule has 88 valence electrons. The topological polar surface area (TPSA) is 46.7 Å². The summed E-state index contributed by atoms with van der Waals surface area (Å²) in [5.74, 6) is 0.261. The molecule has 0 aromatic heterocycles. The summed E-state index contributed by atoms with van der Waals surface area (Å²) in [7, 11) is 0. The Morgan fingerprint density at radius 1 is 1.31 bits per heavy atom. The minimum Gasteiger partial charge on any atom is -0.357 e. The first-order valence-corrected chi connectivity index (χ1v) is 5.64. The second kappa shape index (κ2) is 3.04. The van der Waals surface area contributed by atoms with Crippen molar-refractivity contribution in [3.63, 3.8) is 0 Å². The quantitative estimate of drug-likeness (QED) is 0.530. The molecule has 0 aromatic carbocycles. The van der Waals surface area contributed by atoms with Crippen LogP contribution >= 0.6 is 0 Å². The lowest BCUT2D eigenvalue weighted by atomic mass is 9.63. The average molecular weight is 222 g/mol. The van der Waals surface area contributed by atoms with Crippen LogP contribution in [0.5, 0.6) is 0 Å². The number of fused-ring (bicyclic) bond motifs is 1. The van der Waals surface area contributed by atoms with Crippen LogP contribution < -0.4 is 0 Å². The van der Waals surface area contributed by atoms with Crippen molar-refractivity contribution in [2.45, 2.75) is 51.7 Å². The van der Waals surface area contributed by atoms with Gasteiger partial charge in [0.1, 0.15) is 17.0 Å². The third kappa shape index (κ3) is 1.38. The molecule has 1 saturated carbocycles. The SMILES string of the molecule is CC(=O)/C=C/C12OC1(C)CC(=O)CC2(C)C. The van der Waals surface area contributed by atoms with Gasteiger partial charge in [0.2, 0.25) is 0 Å². The number of rotatable bonds is 2. The highest BCUT2D eigenvalue weighted by molar-refractivity contribution is 5.88. The molecule has 1 aliphatic carbocycles. The number of epoxide rings is 1. The highest BCUT2D eigenvalue weighted by Gasteiger charge is 2.74. The summed E-state index contributed by atoms with van der Waals surface area (Å²) in [5.41, 5.74) is -1.07. The number of carbonyl (C=O) groups is 2. The Morgan fingerprint density at radius 3 is 2.44 bits per heavy atom. The van der Waals surface area contributed by atoms with E-state index in [4.69, 9.17) is 4.74 Å². The Balaban J connectivity index is 2.35. The maximum atomic E-state index is 11.6. The van der Waals surface area contributed by atoms with Crippen molar-refractivity contribution in [3.05, 3.63) is 12.2 Å². The van der Waals surface area contributed by atoms with E-state index in [1.165, 1.54) is 6.92 Å². The molecular weight excluding hydrogens is 204 g/mol. The van der Waals surface area contributed by atoms with Crippen molar-refractivity contribution in [2.24, 2.45) is 5.41 Å². The zero-order chi connectivity index (χ0) is 12.2. The first-order chi connectivity index (χ1) is 7.22. The molecule has 2 aliphatic rings. The van der Waals surface area contributed by atoms with E-state index in [1.807, 2.05) is 26.8 Å². The highest BCUT2D eigenvalue weighted by Crippen LogP contribution is 2.65. The lowest BCUT2D eigenvalue weighted by molar-refractivity contribution is -0.123. The molecule has 0 spiro atoms. The van der Waals surface area contributed by atoms with E-state index in [0.717, 1.165) is 0 Å². The van der Waals surface area contributed by atoms with Crippen LogP contribution in [0, 0.1) is 5.41 Å². The average Bonchev–Trinajstić information content (AvgIpc) is 2.67. The number of ketones is 2. The summed E-state index contributed by atoms with van der Waals surface area (Å²) in [5, 5.41) is 0. The molecule has 3 nitrogen and oxygen atoms in total. The number of hydrogen-bond acceptors (Lipinski definition) is 3. The smallest absolute Gasteiger partial charge is 0.152 e. The predicted octanol–water partition coefficient (Wildman–Crippen LogP) is 2.05. The Bertz CT molecular complexity index is 394. The molecule has 2 unspecified atom stereocenters. The van der Waals surface area contributed by atoms with E-state index in [0.29, 0.717) is 12.8 Å². The summed E-state index contributed by atoms with van der Waals surface area (Å²) in [4.78, 5) is 22.6. The molecule has 1 aliphatic heterocycles. The maximum absolute atomic E-state index is 11.6. The van der Waals surface area contributed by atoms with Crippen LogP contribution in [0.3, 0.4) is 0 Å². The molecule has 0 radical (unpaired) electrons. The monoisotopic (exact) mass is 222 g/mol. The van der Waals surface area contributed by atoms with Gasteiger partial charge in [-0.05, 0) is 26.0 Å². The van der Waals surface area contributed by atoms with Gasteiger partial charge in [-0.3, -0.25) is 9.59 Å². The van der Waals surface area contributed by atoms with E-state index in [-0.39, 0.29) is 17.0 Å². The van der Waals surface area contributed by atoms with E-state index in [2.05, 4.69) is 0 Å². The van der Waals surface area contributed by atoms with Crippen molar-refractivity contribution >= 4 is 11.6 Å². The van der Waals surface area contributed by atoms with Gasteiger partial charge in [0.15, 0.2) is 5.78 Å². The molecule has 0 amide bonds. The Morgan fingerprint density at radius 2 is 1.94 bits per heavy atom. The highest BCUT2D eigenvalue weighted by atomic mass is 16.6. The number of hydrogen-bond donors (Lipinski definition) is 0. The zero-order valence-electron chi connectivity index (χ0n) is 10.3. The lowest BCUT2D eigenvalue weighted by Crippen LogP contribution is -2.44. The molecule has 0 aromatic rings. The molecule has 3 heteroatoms. The van der Waals surface area contributed by atoms with E-state index >= 15 is 0 Å². The van der Waals surface area contributed by atoms with Gasteiger partial charge in [-0.2, -0.15) is 0 Å². The van der Waals surface area contributed by atoms with E-state index in [9.17, 15) is 9.59 Å². The maximum Gasteiger partial charge on any atom is 0.152 e. The van der Waals surface area contributed by atoms with Gasteiger partial charge >= 0.3 is 0 Å². The van der Waals surface area contributed by atoms with Crippen molar-refractivity contribution in [3.8, 4) is 0 Å². The third-order valence-corrected chi connectivity index (χ3v) is 3.86. The van der Waals surface area contributed by atoms with Crippen molar-refractivity contribution < 1.29 is 14.3 Å². The van der Waals surface area contributed by atoms with Gasteiger partial charge in [-0.25, -0.2) is 0 Å². The van der Waals surface area contributed by atoms with Crippen molar-refractivity contribution in [2.75, 3.05) is 0 Å². The second-order valence-electron chi connectivity index (χ2n) is 5.79. The van der Waals surface area contributed by atoms with Crippen LogP contribution in [0.2, 0.25) is 0 Å². The Kier molecular flexibility index (Phi) is 2.19. The zero-order valence-corrected chi connectivity index (χ0v) is 10.3. The second-order valence-corrected chi connectivity index (χ2v) is 5.79. The van der Waals surface area contributed by atoms with Gasteiger partial charge in [0.05, 0.1) is 0 Å². The number of carbonyl (C=O) groups excluding carboxylic acids is 2. The van der Waals surface area contributed by atoms with Crippen molar-refractivity contribution in [1.82, 2.24) is 0 Å². The Hall–Kier alpha value is -0.960. The van der Waals surface area contributed by atoms with Gasteiger partial charge < -0.3 is 4.74 Å². The molecule has 2 rings (SSSR count). The van der Waals surface area contributed by atoms with E-state index < -0.39 is 11.2 Å². The Labute approximate surface area is 95.9 Å². The third-order valence-electron chi connectivity index (χ3n) is 3.86. The van der Waals surface area contributed by atoms with Gasteiger partial charge in [-0.1, -0.05) is 13.8 Å². The summed E-state index contributed by atoms with van der Waals surface area (Å²) in [6, 6.07) is 0. The van der Waals surface area contributed by atoms with Crippen molar-refractivity contribution in [1.29, 1.82) is 0 Å². The molecule has 2 atom stereocenters. The van der Waals surface area contributed by atoms with Crippen LogP contribution in [0.4, 0.5) is 0 Å². The molecule has 0 bridgehead atoms. The van der Waals surface area contributed by atoms with Gasteiger partial charge in [0.25, 0.3) is 0 Å². The minimum atomic E-state index is -0.431. The fourth-order valence-corrected chi connectivity index (χ4v) is 3.08. The molecular formula is C13H18O3. The van der Waals surface area contributed by atoms with E-state index in [1.54, 1.807) is 6.08 Å². The minimum absolute atomic E-state index is 0.0138. The molecule has 2 fully saturated rings. The molecule has 16 heavy (non-hydrogen) atoms. The molecule has 1 saturated heterocycles. The number of Topliss-reactive ketones (excluding diaryl/α,β-unsaturated/α-hetero) is 1. The van der Waals surface area contributed by atoms with Gasteiger partial charge in [-0.15, -0.1) is 0 Å². The van der Waals surface area contributed by atoms with Crippen LogP contribution in [0.25, 0.3) is 0 Å². The summed E-state index contributed by atoms with van der Waals surface area (Å²) in [6.45, 7) is 7.53. The lowest BCUT2D eigenvalue weighted by Gasteiger charge is -2.35. The van der Waals surface area contributed by atoms with Crippen LogP contribution in [0.1, 0.15) is 40.5 Å². The number of ether oxygens (including phenoxy) is 1. The number of allylic oxidation sites excluding steroid dienone is 1. The van der Waals surface area contributed by atoms with Gasteiger partial charge in [0, 0.05) is 18.3 Å². The normalized spacial score (nSPS) is 40.9. The fourth-order valence-electron chi connectivity index (χ4n) is 3.08. The fraction of sp³-hybridized carbons (Fsp3) is 0.692. The first-order valence-electron chi connectivity index (χ1n) is 5.64. The van der Waals surface area contributed by atoms with Crippen LogP contribution in [-0.4, -0.2) is 22.8 Å². The standard InChI is InChI=1S/C13H18O3/c1-9(14)5-6-13-11(2,3)7-10(15)8-12(13,4)16-13/h5-6H,7-8H2,1-4H3/b6-5+. The molecule has 0 N–H and O–H groups in total. The predicted molar refractivity (Wildman–Crippen MR) is 60.1 cm³/mol. The summed E-state index contributed by atoms with van der Waals surface area (Å²) in [6.07, 6.45) is 4.38. The summed E-state index contributed by atoms with van der Waals surface area (Å²) < 4.78 is 5.83. The largest absolute Gasteiger partial charge is 0.357 e. The van der Waals surface area contributed by atoms with Crippen LogP contribution in [0.15, 0.2) is 12.2 Å². The summed E-state index contributed by atoms with van der Waals surface area (Å²) >= 11 is 0.